The molecule has 1 aromatic carbocycles. The Morgan fingerprint density at radius 1 is 1.38 bits per heavy atom. The highest BCUT2D eigenvalue weighted by Gasteiger charge is 2.28. The Bertz CT molecular complexity index is 601. The molecule has 0 unspecified atom stereocenters. The molecule has 21 heavy (non-hydrogen) atoms. The van der Waals surface area contributed by atoms with Crippen LogP contribution in [0.15, 0.2) is 18.2 Å². The normalized spacial score (nSPS) is 15.8. The second-order valence-corrected chi connectivity index (χ2v) is 4.83. The number of phenolic OH excluding ortho intramolecular Hbond substituents is 1. The van der Waals surface area contributed by atoms with Gasteiger partial charge in [0, 0.05) is 26.2 Å². The fourth-order valence-corrected chi connectivity index (χ4v) is 2.18. The van der Waals surface area contributed by atoms with E-state index in [0.717, 1.165) is 6.07 Å². The van der Waals surface area contributed by atoms with Gasteiger partial charge in [-0.15, -0.1) is 0 Å². The number of rotatable bonds is 2. The highest BCUT2D eigenvalue weighted by Crippen LogP contribution is 2.30. The molecule has 1 saturated heterocycles. The summed E-state index contributed by atoms with van der Waals surface area (Å²) in [6, 6.07) is 3.76. The number of hydrogen-bond donors (Lipinski definition) is 1. The quantitative estimate of drug-likeness (QED) is 0.635. The molecule has 0 aliphatic carbocycles. The van der Waals surface area contributed by atoms with Crippen LogP contribution in [0, 0.1) is 10.1 Å². The van der Waals surface area contributed by atoms with Crippen LogP contribution < -0.4 is 0 Å². The number of nitro groups is 1. The third-order valence-electron chi connectivity index (χ3n) is 3.40. The Morgan fingerprint density at radius 2 is 2.10 bits per heavy atom. The maximum absolute atomic E-state index is 12.4. The minimum Gasteiger partial charge on any atom is -0.502 e. The van der Waals surface area contributed by atoms with Crippen molar-refractivity contribution in [1.29, 1.82) is 0 Å². The molecule has 0 aromatic heterocycles. The average Bonchev–Trinajstić information content (AvgIpc) is 2.60. The highest BCUT2D eigenvalue weighted by molar-refractivity contribution is 5.99. The molecule has 1 heterocycles. The molecule has 1 fully saturated rings. The van der Waals surface area contributed by atoms with E-state index in [-0.39, 0.29) is 18.0 Å². The van der Waals surface area contributed by atoms with Gasteiger partial charge in [-0.05, 0) is 12.5 Å². The van der Waals surface area contributed by atoms with Crippen LogP contribution in [-0.4, -0.2) is 58.3 Å². The number of nitro benzene ring substituents is 1. The Kier molecular flexibility index (Phi) is 4.06. The number of carbonyl (C=O) groups excluding carboxylic acids is 2. The Hall–Kier alpha value is -2.64. The van der Waals surface area contributed by atoms with Crippen LogP contribution in [0.1, 0.15) is 16.8 Å². The van der Waals surface area contributed by atoms with E-state index in [4.69, 9.17) is 0 Å². The van der Waals surface area contributed by atoms with Gasteiger partial charge in [-0.1, -0.05) is 6.07 Å². The van der Waals surface area contributed by atoms with Crippen molar-refractivity contribution in [3.63, 3.8) is 0 Å². The first-order valence-electron chi connectivity index (χ1n) is 6.41. The monoisotopic (exact) mass is 293 g/mol. The van der Waals surface area contributed by atoms with Crippen LogP contribution in [0.3, 0.4) is 0 Å². The summed E-state index contributed by atoms with van der Waals surface area (Å²) < 4.78 is 0. The third-order valence-corrected chi connectivity index (χ3v) is 3.40. The van der Waals surface area contributed by atoms with Crippen LogP contribution >= 0.6 is 0 Å². The second kappa shape index (κ2) is 5.78. The van der Waals surface area contributed by atoms with Gasteiger partial charge in [0.15, 0.2) is 0 Å². The molecular weight excluding hydrogens is 278 g/mol. The van der Waals surface area contributed by atoms with Crippen molar-refractivity contribution >= 4 is 17.5 Å². The lowest BCUT2D eigenvalue weighted by Gasteiger charge is -2.20. The number of amides is 2. The SMILES string of the molecule is CN1CCCN(C(=O)c2cccc([N+](=O)[O-])c2O)CC1=O. The fraction of sp³-hybridized carbons (Fsp3) is 0.385. The van der Waals surface area contributed by atoms with Crippen molar-refractivity contribution in [2.24, 2.45) is 0 Å². The van der Waals surface area contributed by atoms with Gasteiger partial charge in [-0.25, -0.2) is 0 Å². The molecule has 2 rings (SSSR count). The van der Waals surface area contributed by atoms with Crippen molar-refractivity contribution in [2.75, 3.05) is 26.7 Å². The average molecular weight is 293 g/mol. The summed E-state index contributed by atoms with van der Waals surface area (Å²) in [5.74, 6) is -1.46. The number of hydrogen-bond acceptors (Lipinski definition) is 5. The van der Waals surface area contributed by atoms with Crippen LogP contribution in [-0.2, 0) is 4.79 Å². The number of benzene rings is 1. The molecule has 0 radical (unpaired) electrons. The van der Waals surface area contributed by atoms with Crippen LogP contribution in [0.5, 0.6) is 5.75 Å². The first-order chi connectivity index (χ1) is 9.91. The van der Waals surface area contributed by atoms with Gasteiger partial charge < -0.3 is 14.9 Å². The summed E-state index contributed by atoms with van der Waals surface area (Å²) in [5, 5.41) is 20.6. The lowest BCUT2D eigenvalue weighted by atomic mass is 10.1. The van der Waals surface area contributed by atoms with E-state index in [2.05, 4.69) is 0 Å². The maximum Gasteiger partial charge on any atom is 0.311 e. The maximum atomic E-state index is 12.4. The Balaban J connectivity index is 2.30. The summed E-state index contributed by atoms with van der Waals surface area (Å²) >= 11 is 0. The van der Waals surface area contributed by atoms with Crippen molar-refractivity contribution in [1.82, 2.24) is 9.80 Å². The topological polar surface area (TPSA) is 104 Å². The first kappa shape index (κ1) is 14.8. The van der Waals surface area contributed by atoms with Crippen LogP contribution in [0.4, 0.5) is 5.69 Å². The van der Waals surface area contributed by atoms with E-state index >= 15 is 0 Å². The van der Waals surface area contributed by atoms with Crippen molar-refractivity contribution in [2.45, 2.75) is 6.42 Å². The molecule has 0 spiro atoms. The predicted octanol–water partition coefficient (Wildman–Crippen LogP) is 0.605. The molecule has 2 amide bonds. The molecule has 8 heteroatoms. The van der Waals surface area contributed by atoms with Gasteiger partial charge in [-0.3, -0.25) is 19.7 Å². The zero-order valence-corrected chi connectivity index (χ0v) is 11.5. The summed E-state index contributed by atoms with van der Waals surface area (Å²) in [4.78, 5) is 37.0. The third kappa shape index (κ3) is 2.93. The Morgan fingerprint density at radius 3 is 2.76 bits per heavy atom. The largest absolute Gasteiger partial charge is 0.502 e. The predicted molar refractivity (Wildman–Crippen MR) is 72.9 cm³/mol. The smallest absolute Gasteiger partial charge is 0.311 e. The van der Waals surface area contributed by atoms with Gasteiger partial charge in [0.1, 0.15) is 6.54 Å². The van der Waals surface area contributed by atoms with E-state index in [0.29, 0.717) is 19.5 Å². The lowest BCUT2D eigenvalue weighted by molar-refractivity contribution is -0.385. The van der Waals surface area contributed by atoms with Gasteiger partial charge >= 0.3 is 5.69 Å². The molecule has 0 bridgehead atoms. The zero-order valence-electron chi connectivity index (χ0n) is 11.5. The summed E-state index contributed by atoms with van der Waals surface area (Å²) in [6.07, 6.45) is 0.615. The molecule has 1 aliphatic rings. The number of para-hydroxylation sites is 1. The second-order valence-electron chi connectivity index (χ2n) is 4.83. The van der Waals surface area contributed by atoms with Crippen molar-refractivity contribution in [3.05, 3.63) is 33.9 Å². The van der Waals surface area contributed by atoms with E-state index in [1.54, 1.807) is 7.05 Å². The highest BCUT2D eigenvalue weighted by atomic mass is 16.6. The molecule has 1 N–H and O–H groups in total. The van der Waals surface area contributed by atoms with Gasteiger partial charge in [-0.2, -0.15) is 0 Å². The summed E-state index contributed by atoms with van der Waals surface area (Å²) in [6.45, 7) is 0.804. The summed E-state index contributed by atoms with van der Waals surface area (Å²) in [7, 11) is 1.65. The lowest BCUT2D eigenvalue weighted by Crippen LogP contribution is -2.38. The number of likely N-dealkylation sites (N-methyl/N-ethyl adjacent to an activating group) is 1. The number of aromatic hydroxyl groups is 1. The van der Waals surface area contributed by atoms with E-state index < -0.39 is 22.3 Å². The van der Waals surface area contributed by atoms with Crippen LogP contribution in [0.2, 0.25) is 0 Å². The summed E-state index contributed by atoms with van der Waals surface area (Å²) in [5.41, 5.74) is -0.694. The van der Waals surface area contributed by atoms with Gasteiger partial charge in [0.25, 0.3) is 5.91 Å². The number of carbonyl (C=O) groups is 2. The van der Waals surface area contributed by atoms with Crippen molar-refractivity contribution < 1.29 is 19.6 Å². The Labute approximate surface area is 120 Å². The van der Waals surface area contributed by atoms with Gasteiger partial charge in [0.05, 0.1) is 10.5 Å². The number of nitrogens with zero attached hydrogens (tertiary/aromatic N) is 3. The first-order valence-corrected chi connectivity index (χ1v) is 6.41. The zero-order chi connectivity index (χ0) is 15.6. The standard InChI is InChI=1S/C13H15N3O5/c1-14-6-3-7-15(8-11(14)17)13(19)9-4-2-5-10(12(9)18)16(20)21/h2,4-5,18H,3,6-8H2,1H3. The minimum absolute atomic E-state index is 0.0997. The molecule has 112 valence electrons. The van der Waals surface area contributed by atoms with E-state index in [1.165, 1.54) is 21.9 Å². The molecule has 1 aromatic rings. The molecule has 8 nitrogen and oxygen atoms in total. The van der Waals surface area contributed by atoms with E-state index in [9.17, 15) is 24.8 Å². The molecular formula is C13H15N3O5. The van der Waals surface area contributed by atoms with Crippen LogP contribution in [0.25, 0.3) is 0 Å². The van der Waals surface area contributed by atoms with E-state index in [1.807, 2.05) is 0 Å². The van der Waals surface area contributed by atoms with Gasteiger partial charge in [0.2, 0.25) is 11.7 Å². The molecule has 1 aliphatic heterocycles. The molecule has 0 atom stereocenters. The van der Waals surface area contributed by atoms with Crippen molar-refractivity contribution in [3.8, 4) is 5.75 Å². The molecule has 0 saturated carbocycles. The number of phenols is 1. The fourth-order valence-electron chi connectivity index (χ4n) is 2.18. The minimum atomic E-state index is -0.756.